The average Bonchev–Trinajstić information content (AvgIpc) is 2.84. The number of nitrogens with one attached hydrogen (secondary N) is 1. The predicted octanol–water partition coefficient (Wildman–Crippen LogP) is 3.52. The zero-order valence-corrected chi connectivity index (χ0v) is 13.3. The molecule has 0 spiro atoms. The maximum absolute atomic E-state index is 13.7. The van der Waals surface area contributed by atoms with E-state index in [2.05, 4.69) is 17.2 Å². The summed E-state index contributed by atoms with van der Waals surface area (Å²) < 4.78 is 18.9. The van der Waals surface area contributed by atoms with Gasteiger partial charge in [0.25, 0.3) is 0 Å². The third-order valence-corrected chi connectivity index (χ3v) is 4.21. The molecule has 0 aliphatic rings. The number of methoxy groups -OCH3 is 1. The van der Waals surface area contributed by atoms with Gasteiger partial charge in [0.2, 0.25) is 0 Å². The van der Waals surface area contributed by atoms with Gasteiger partial charge in [-0.1, -0.05) is 25.1 Å². The maximum Gasteiger partial charge on any atom is 0.126 e. The average molecular weight is 308 g/mol. The van der Waals surface area contributed by atoms with Gasteiger partial charge in [-0.15, -0.1) is 11.3 Å². The van der Waals surface area contributed by atoms with E-state index >= 15 is 0 Å². The lowest BCUT2D eigenvalue weighted by Gasteiger charge is -2.02. The Hall–Kier alpha value is -1.30. The van der Waals surface area contributed by atoms with Gasteiger partial charge in [-0.2, -0.15) is 0 Å². The number of nitrogens with zero attached hydrogens (tertiary/aromatic N) is 1. The van der Waals surface area contributed by atoms with Crippen molar-refractivity contribution in [2.75, 3.05) is 13.7 Å². The molecule has 5 heteroatoms. The van der Waals surface area contributed by atoms with E-state index in [4.69, 9.17) is 4.74 Å². The molecule has 2 aromatic rings. The summed E-state index contributed by atoms with van der Waals surface area (Å²) in [6.07, 6.45) is 1.63. The van der Waals surface area contributed by atoms with Crippen molar-refractivity contribution >= 4 is 11.3 Å². The van der Waals surface area contributed by atoms with E-state index < -0.39 is 0 Å². The zero-order valence-electron chi connectivity index (χ0n) is 12.5. The minimum absolute atomic E-state index is 0.174. The van der Waals surface area contributed by atoms with Gasteiger partial charge in [-0.05, 0) is 24.6 Å². The molecule has 0 radical (unpaired) electrons. The van der Waals surface area contributed by atoms with Gasteiger partial charge in [0.05, 0.1) is 17.3 Å². The summed E-state index contributed by atoms with van der Waals surface area (Å²) in [6.45, 7) is 4.41. The number of halogens is 1. The Kier molecular flexibility index (Phi) is 6.29. The summed E-state index contributed by atoms with van der Waals surface area (Å²) in [5.41, 5.74) is 1.64. The molecule has 0 saturated heterocycles. The van der Waals surface area contributed by atoms with E-state index in [1.165, 1.54) is 10.9 Å². The molecular formula is C16H21FN2OS. The topological polar surface area (TPSA) is 34.2 Å². The molecule has 0 aliphatic heterocycles. The van der Waals surface area contributed by atoms with Gasteiger partial charge in [-0.3, -0.25) is 0 Å². The van der Waals surface area contributed by atoms with Crippen molar-refractivity contribution in [3.05, 3.63) is 51.2 Å². The second kappa shape index (κ2) is 8.22. The molecule has 2 rings (SSSR count). The SMILES string of the molecule is CCCNCc1sc(Cc2ccccc2F)nc1COC. The number of aromatic nitrogens is 1. The van der Waals surface area contributed by atoms with Crippen molar-refractivity contribution in [2.45, 2.75) is 32.9 Å². The van der Waals surface area contributed by atoms with Crippen LogP contribution in [0.2, 0.25) is 0 Å². The third-order valence-electron chi connectivity index (χ3n) is 3.12. The van der Waals surface area contributed by atoms with Gasteiger partial charge in [0.1, 0.15) is 5.82 Å². The van der Waals surface area contributed by atoms with E-state index in [1.54, 1.807) is 24.5 Å². The Labute approximate surface area is 129 Å². The molecule has 0 atom stereocenters. The van der Waals surface area contributed by atoms with Crippen LogP contribution in [-0.4, -0.2) is 18.6 Å². The summed E-state index contributed by atoms with van der Waals surface area (Å²) in [7, 11) is 1.67. The predicted molar refractivity (Wildman–Crippen MR) is 84.0 cm³/mol. The number of hydrogen-bond acceptors (Lipinski definition) is 4. The first-order valence-corrected chi connectivity index (χ1v) is 7.96. The lowest BCUT2D eigenvalue weighted by molar-refractivity contribution is 0.181. The number of thiazole rings is 1. The maximum atomic E-state index is 13.7. The normalized spacial score (nSPS) is 11.0. The first-order valence-electron chi connectivity index (χ1n) is 7.15. The van der Waals surface area contributed by atoms with E-state index in [-0.39, 0.29) is 5.82 Å². The lowest BCUT2D eigenvalue weighted by Crippen LogP contribution is -2.14. The minimum atomic E-state index is -0.174. The van der Waals surface area contributed by atoms with Gasteiger partial charge in [0.15, 0.2) is 0 Å². The molecule has 0 fully saturated rings. The molecule has 21 heavy (non-hydrogen) atoms. The van der Waals surface area contributed by atoms with Crippen LogP contribution in [0.15, 0.2) is 24.3 Å². The number of rotatable bonds is 8. The fraction of sp³-hybridized carbons (Fsp3) is 0.438. The van der Waals surface area contributed by atoms with Crippen LogP contribution >= 0.6 is 11.3 Å². The highest BCUT2D eigenvalue weighted by atomic mass is 32.1. The van der Waals surface area contributed by atoms with Crippen LogP contribution in [0.3, 0.4) is 0 Å². The van der Waals surface area contributed by atoms with Crippen LogP contribution in [0.4, 0.5) is 4.39 Å². The monoisotopic (exact) mass is 308 g/mol. The van der Waals surface area contributed by atoms with Crippen molar-refractivity contribution in [3.63, 3.8) is 0 Å². The molecule has 1 aromatic heterocycles. The summed E-state index contributed by atoms with van der Waals surface area (Å²) in [5, 5.41) is 4.31. The fourth-order valence-corrected chi connectivity index (χ4v) is 3.15. The molecule has 1 N–H and O–H groups in total. The summed E-state index contributed by atoms with van der Waals surface area (Å²) in [4.78, 5) is 5.78. The van der Waals surface area contributed by atoms with E-state index in [0.29, 0.717) is 18.6 Å². The van der Waals surface area contributed by atoms with Crippen LogP contribution in [-0.2, 0) is 24.3 Å². The van der Waals surface area contributed by atoms with E-state index in [0.717, 1.165) is 30.2 Å². The Balaban J connectivity index is 2.12. The minimum Gasteiger partial charge on any atom is -0.378 e. The lowest BCUT2D eigenvalue weighted by atomic mass is 10.1. The first kappa shape index (κ1) is 16.1. The van der Waals surface area contributed by atoms with Crippen LogP contribution in [0.1, 0.15) is 34.5 Å². The van der Waals surface area contributed by atoms with E-state index in [1.807, 2.05) is 12.1 Å². The zero-order chi connectivity index (χ0) is 15.1. The van der Waals surface area contributed by atoms with Crippen molar-refractivity contribution in [2.24, 2.45) is 0 Å². The first-order chi connectivity index (χ1) is 10.2. The molecule has 0 unspecified atom stereocenters. The Morgan fingerprint density at radius 3 is 2.86 bits per heavy atom. The fourth-order valence-electron chi connectivity index (χ4n) is 2.08. The quantitative estimate of drug-likeness (QED) is 0.758. The molecular weight excluding hydrogens is 287 g/mol. The molecule has 0 bridgehead atoms. The van der Waals surface area contributed by atoms with Crippen molar-refractivity contribution in [1.29, 1.82) is 0 Å². The smallest absolute Gasteiger partial charge is 0.126 e. The van der Waals surface area contributed by atoms with Crippen LogP contribution in [0, 0.1) is 5.82 Å². The molecule has 1 heterocycles. The Morgan fingerprint density at radius 2 is 2.14 bits per heavy atom. The molecule has 114 valence electrons. The van der Waals surface area contributed by atoms with Crippen LogP contribution in [0.5, 0.6) is 0 Å². The van der Waals surface area contributed by atoms with Crippen molar-refractivity contribution < 1.29 is 9.13 Å². The number of benzene rings is 1. The molecule has 3 nitrogen and oxygen atoms in total. The number of hydrogen-bond donors (Lipinski definition) is 1. The van der Waals surface area contributed by atoms with Gasteiger partial charge in [-0.25, -0.2) is 9.37 Å². The van der Waals surface area contributed by atoms with E-state index in [9.17, 15) is 4.39 Å². The standard InChI is InChI=1S/C16H21FN2OS/c1-3-8-18-10-15-14(11-20-2)19-16(21-15)9-12-6-4-5-7-13(12)17/h4-7,18H,3,8-11H2,1-2H3. The van der Waals surface area contributed by atoms with Crippen molar-refractivity contribution in [1.82, 2.24) is 10.3 Å². The second-order valence-corrected chi connectivity index (χ2v) is 6.02. The molecule has 0 aliphatic carbocycles. The van der Waals surface area contributed by atoms with Crippen molar-refractivity contribution in [3.8, 4) is 0 Å². The molecule has 0 amide bonds. The molecule has 1 aromatic carbocycles. The van der Waals surface area contributed by atoms with Gasteiger partial charge in [0, 0.05) is 25.0 Å². The van der Waals surface area contributed by atoms with Gasteiger partial charge < -0.3 is 10.1 Å². The highest BCUT2D eigenvalue weighted by Gasteiger charge is 2.12. The largest absolute Gasteiger partial charge is 0.378 e. The summed E-state index contributed by atoms with van der Waals surface area (Å²) in [6, 6.07) is 6.85. The Morgan fingerprint density at radius 1 is 1.33 bits per heavy atom. The molecule has 0 saturated carbocycles. The summed E-state index contributed by atoms with van der Waals surface area (Å²) in [5.74, 6) is -0.174. The Bertz CT molecular complexity index is 571. The highest BCUT2D eigenvalue weighted by Crippen LogP contribution is 2.23. The highest BCUT2D eigenvalue weighted by molar-refractivity contribution is 7.11. The van der Waals surface area contributed by atoms with Crippen LogP contribution < -0.4 is 5.32 Å². The van der Waals surface area contributed by atoms with Crippen LogP contribution in [0.25, 0.3) is 0 Å². The third kappa shape index (κ3) is 4.59. The van der Waals surface area contributed by atoms with Gasteiger partial charge >= 0.3 is 0 Å². The summed E-state index contributed by atoms with van der Waals surface area (Å²) >= 11 is 1.63. The second-order valence-electron chi connectivity index (χ2n) is 4.86. The number of ether oxygens (including phenoxy) is 1.